The molecule has 1 aromatic heterocycles. The Morgan fingerprint density at radius 2 is 1.22 bits per heavy atom. The molecule has 0 amide bonds. The zero-order chi connectivity index (χ0) is 25.1. The first-order chi connectivity index (χ1) is 17.5. The van der Waals surface area contributed by atoms with Crippen LogP contribution in [0.1, 0.15) is 31.8 Å². The molecule has 176 valence electrons. The molecule has 5 heteroatoms. The average Bonchev–Trinajstić information content (AvgIpc) is 2.93. The van der Waals surface area contributed by atoms with Gasteiger partial charge in [0.25, 0.3) is 0 Å². The van der Waals surface area contributed by atoms with Gasteiger partial charge in [0.15, 0.2) is 12.4 Å². The van der Waals surface area contributed by atoms with E-state index in [2.05, 4.69) is 0 Å². The molecule has 0 N–H and O–H groups in total. The Morgan fingerprint density at radius 1 is 0.639 bits per heavy atom. The lowest BCUT2D eigenvalue weighted by molar-refractivity contribution is 0.0475. The predicted octanol–water partition coefficient (Wildman–Crippen LogP) is 6.62. The number of hydrogen-bond acceptors (Lipinski definition) is 5. The highest BCUT2D eigenvalue weighted by Gasteiger charge is 2.16. The molecule has 0 aliphatic rings. The number of rotatable bonds is 6. The van der Waals surface area contributed by atoms with Crippen LogP contribution in [-0.2, 0) is 4.74 Å². The van der Waals surface area contributed by atoms with Gasteiger partial charge in [-0.1, -0.05) is 72.8 Å². The van der Waals surface area contributed by atoms with Crippen LogP contribution >= 0.6 is 0 Å². The molecule has 0 fully saturated rings. The first-order valence-corrected chi connectivity index (χ1v) is 11.7. The Kier molecular flexibility index (Phi) is 6.37. The number of fused-ring (bicyclic) bond motifs is 1. The lowest BCUT2D eigenvalue weighted by Crippen LogP contribution is -2.14. The summed E-state index contributed by atoms with van der Waals surface area (Å²) >= 11 is 0. The maximum absolute atomic E-state index is 12.8. The second kappa shape index (κ2) is 9.92. The second-order valence-electron chi connectivity index (χ2n) is 8.65. The molecular weight excluding hydrogens is 448 g/mol. The fourth-order valence-electron chi connectivity index (χ4n) is 3.99. The van der Waals surface area contributed by atoms with Crippen LogP contribution in [0.2, 0.25) is 0 Å². The lowest BCUT2D eigenvalue weighted by Gasteiger charge is -2.11. The summed E-state index contributed by atoms with van der Waals surface area (Å²) < 4.78 is 5.33. The topological polar surface area (TPSA) is 69.2 Å². The zero-order valence-electron chi connectivity index (χ0n) is 20.1. The van der Waals surface area contributed by atoms with Gasteiger partial charge >= 0.3 is 5.97 Å². The van der Waals surface area contributed by atoms with Crippen molar-refractivity contribution in [1.29, 1.82) is 0 Å². The maximum atomic E-state index is 12.8. The van der Waals surface area contributed by atoms with E-state index in [1.54, 1.807) is 24.3 Å². The van der Waals surface area contributed by atoms with Crippen molar-refractivity contribution in [3.8, 4) is 22.5 Å². The molecule has 0 spiro atoms. The van der Waals surface area contributed by atoms with Gasteiger partial charge in [-0.25, -0.2) is 14.8 Å². The fourth-order valence-corrected chi connectivity index (χ4v) is 3.99. The van der Waals surface area contributed by atoms with Gasteiger partial charge in [0.05, 0.1) is 28.0 Å². The van der Waals surface area contributed by atoms with Crippen molar-refractivity contribution < 1.29 is 14.3 Å². The normalized spacial score (nSPS) is 10.8. The number of ketones is 1. The van der Waals surface area contributed by atoms with Crippen molar-refractivity contribution in [2.45, 2.75) is 13.8 Å². The highest BCUT2D eigenvalue weighted by Crippen LogP contribution is 2.31. The van der Waals surface area contributed by atoms with Gasteiger partial charge in [-0.3, -0.25) is 4.79 Å². The van der Waals surface area contributed by atoms with Crippen molar-refractivity contribution in [2.24, 2.45) is 0 Å². The highest BCUT2D eigenvalue weighted by molar-refractivity contribution is 6.00. The summed E-state index contributed by atoms with van der Waals surface area (Å²) in [4.78, 5) is 35.1. The van der Waals surface area contributed by atoms with Crippen LogP contribution in [0.3, 0.4) is 0 Å². The van der Waals surface area contributed by atoms with Crippen LogP contribution in [0.5, 0.6) is 0 Å². The molecule has 5 nitrogen and oxygen atoms in total. The van der Waals surface area contributed by atoms with Crippen LogP contribution in [0.4, 0.5) is 0 Å². The van der Waals surface area contributed by atoms with Gasteiger partial charge in [-0.05, 0) is 49.2 Å². The number of hydrogen-bond donors (Lipinski definition) is 0. The molecule has 1 heterocycles. The number of aromatic nitrogens is 2. The smallest absolute Gasteiger partial charge is 0.338 e. The molecule has 0 aliphatic carbocycles. The summed E-state index contributed by atoms with van der Waals surface area (Å²) in [7, 11) is 0. The van der Waals surface area contributed by atoms with E-state index in [1.807, 2.05) is 86.6 Å². The van der Waals surface area contributed by atoms with Crippen LogP contribution < -0.4 is 0 Å². The van der Waals surface area contributed by atoms with Crippen LogP contribution in [0, 0.1) is 13.8 Å². The number of carbonyl (C=O) groups excluding carboxylic acids is 2. The standard InChI is InChI=1S/C31H24N2O3/c1-20-13-14-24(17-21(20)2)28(34)19-36-31(35)25-15-16-26-27(18-25)33-30(23-11-7-4-8-12-23)29(32-26)22-9-5-3-6-10-22/h3-18H,19H2,1-2H3. The van der Waals surface area contributed by atoms with Gasteiger partial charge in [0.1, 0.15) is 0 Å². The summed E-state index contributed by atoms with van der Waals surface area (Å²) in [5.41, 5.74) is 7.58. The van der Waals surface area contributed by atoms with E-state index in [0.29, 0.717) is 22.2 Å². The average molecular weight is 473 g/mol. The number of benzene rings is 4. The maximum Gasteiger partial charge on any atom is 0.338 e. The number of nitrogens with zero attached hydrogens (tertiary/aromatic N) is 2. The Hall–Kier alpha value is -4.64. The van der Waals surface area contributed by atoms with E-state index in [4.69, 9.17) is 14.7 Å². The van der Waals surface area contributed by atoms with Crippen molar-refractivity contribution in [3.63, 3.8) is 0 Å². The third-order valence-corrected chi connectivity index (χ3v) is 6.16. The van der Waals surface area contributed by atoms with Gasteiger partial charge in [0, 0.05) is 16.7 Å². The number of Topliss-reactive ketones (excluding diaryl/α,β-unsaturated/α-hetero) is 1. The summed E-state index contributed by atoms with van der Waals surface area (Å²) in [6, 6.07) is 30.2. The van der Waals surface area contributed by atoms with Gasteiger partial charge < -0.3 is 4.74 Å². The largest absolute Gasteiger partial charge is 0.454 e. The molecule has 36 heavy (non-hydrogen) atoms. The number of esters is 1. The number of aryl methyl sites for hydroxylation is 2. The molecule has 0 atom stereocenters. The van der Waals surface area contributed by atoms with Gasteiger partial charge in [-0.2, -0.15) is 0 Å². The van der Waals surface area contributed by atoms with E-state index < -0.39 is 5.97 Å². The molecule has 0 bridgehead atoms. The third kappa shape index (κ3) is 4.77. The molecule has 0 radical (unpaired) electrons. The van der Waals surface area contributed by atoms with Crippen molar-refractivity contribution >= 4 is 22.8 Å². The molecular formula is C31H24N2O3. The first-order valence-electron chi connectivity index (χ1n) is 11.7. The van der Waals surface area contributed by atoms with E-state index in [9.17, 15) is 9.59 Å². The summed E-state index contributed by atoms with van der Waals surface area (Å²) in [5.74, 6) is -0.824. The minimum absolute atomic E-state index is 0.245. The molecule has 0 saturated heterocycles. The van der Waals surface area contributed by atoms with E-state index in [0.717, 1.165) is 33.6 Å². The Labute approximate surface area is 209 Å². The van der Waals surface area contributed by atoms with Crippen LogP contribution in [0.15, 0.2) is 97.1 Å². The molecule has 4 aromatic carbocycles. The summed E-state index contributed by atoms with van der Waals surface area (Å²) in [5, 5.41) is 0. The van der Waals surface area contributed by atoms with E-state index in [-0.39, 0.29) is 12.4 Å². The van der Waals surface area contributed by atoms with E-state index in [1.165, 1.54) is 0 Å². The van der Waals surface area contributed by atoms with Gasteiger partial charge in [-0.15, -0.1) is 0 Å². The quantitative estimate of drug-likeness (QED) is 0.205. The van der Waals surface area contributed by atoms with Crippen LogP contribution in [-0.4, -0.2) is 28.3 Å². The van der Waals surface area contributed by atoms with Crippen molar-refractivity contribution in [1.82, 2.24) is 9.97 Å². The summed E-state index contributed by atoms with van der Waals surface area (Å²) in [6.45, 7) is 3.60. The summed E-state index contributed by atoms with van der Waals surface area (Å²) in [6.07, 6.45) is 0. The molecule has 0 unspecified atom stereocenters. The zero-order valence-corrected chi connectivity index (χ0v) is 20.1. The number of ether oxygens (including phenoxy) is 1. The molecule has 5 aromatic rings. The monoisotopic (exact) mass is 472 g/mol. The fraction of sp³-hybridized carbons (Fsp3) is 0.0968. The van der Waals surface area contributed by atoms with Crippen molar-refractivity contribution in [3.05, 3.63) is 119 Å². The third-order valence-electron chi connectivity index (χ3n) is 6.16. The van der Waals surface area contributed by atoms with Crippen LogP contribution in [0.25, 0.3) is 33.5 Å². The number of carbonyl (C=O) groups is 2. The van der Waals surface area contributed by atoms with Gasteiger partial charge in [0.2, 0.25) is 0 Å². The lowest BCUT2D eigenvalue weighted by atomic mass is 10.0. The highest BCUT2D eigenvalue weighted by atomic mass is 16.5. The minimum atomic E-state index is -0.579. The van der Waals surface area contributed by atoms with E-state index >= 15 is 0 Å². The molecule has 0 aliphatic heterocycles. The minimum Gasteiger partial charge on any atom is -0.454 e. The first kappa shape index (κ1) is 23.1. The Morgan fingerprint density at radius 3 is 1.83 bits per heavy atom. The SMILES string of the molecule is Cc1ccc(C(=O)COC(=O)c2ccc3nc(-c4ccccc4)c(-c4ccccc4)nc3c2)cc1C. The Bertz CT molecular complexity index is 1580. The molecule has 5 rings (SSSR count). The second-order valence-corrected chi connectivity index (χ2v) is 8.65. The Balaban J connectivity index is 1.45. The van der Waals surface area contributed by atoms with Crippen molar-refractivity contribution in [2.75, 3.05) is 6.61 Å². The molecule has 0 saturated carbocycles. The predicted molar refractivity (Wildman–Crippen MR) is 141 cm³/mol.